The minimum atomic E-state index is -2.89. The van der Waals surface area contributed by atoms with Crippen LogP contribution in [0.15, 0.2) is 36.5 Å². The van der Waals surface area contributed by atoms with Crippen molar-refractivity contribution >= 4 is 29.0 Å². The summed E-state index contributed by atoms with van der Waals surface area (Å²) in [5.74, 6) is 0.411. The normalized spacial score (nSPS) is 10.6. The fraction of sp³-hybridized carbons (Fsp3) is 0.238. The van der Waals surface area contributed by atoms with Gasteiger partial charge in [-0.05, 0) is 12.1 Å². The van der Waals surface area contributed by atoms with Crippen molar-refractivity contribution in [2.24, 2.45) is 5.73 Å². The molecule has 0 fully saturated rings. The van der Waals surface area contributed by atoms with Gasteiger partial charge in [0.15, 0.2) is 5.82 Å². The van der Waals surface area contributed by atoms with Gasteiger partial charge in [0.2, 0.25) is 0 Å². The summed E-state index contributed by atoms with van der Waals surface area (Å²) >= 11 is 0. The highest BCUT2D eigenvalue weighted by Gasteiger charge is 2.16. The Morgan fingerprint density at radius 1 is 1.09 bits per heavy atom. The highest BCUT2D eigenvalue weighted by Crippen LogP contribution is 2.27. The molecule has 3 aromatic rings. The van der Waals surface area contributed by atoms with Crippen molar-refractivity contribution in [1.29, 1.82) is 0 Å². The summed E-state index contributed by atoms with van der Waals surface area (Å²) in [6.45, 7) is 0.252. The maximum atomic E-state index is 13.4. The van der Waals surface area contributed by atoms with Gasteiger partial charge in [0.05, 0.1) is 25.5 Å². The lowest BCUT2D eigenvalue weighted by molar-refractivity contribution is 0.100. The molecule has 1 amide bonds. The average Bonchev–Trinajstić information content (AvgIpc) is 2.82. The number of carbonyl (C=O) groups excluding carboxylic acids is 1. The van der Waals surface area contributed by atoms with Crippen LogP contribution in [0.2, 0.25) is 0 Å². The van der Waals surface area contributed by atoms with E-state index in [2.05, 4.69) is 30.9 Å². The maximum Gasteiger partial charge on any atom is 0.297 e. The zero-order valence-electron chi connectivity index (χ0n) is 18.1. The first kappa shape index (κ1) is 23.4. The minimum Gasteiger partial charge on any atom is -0.497 e. The number of benzene rings is 1. The monoisotopic (exact) mass is 459 g/mol. The van der Waals surface area contributed by atoms with Crippen LogP contribution in [0.5, 0.6) is 11.5 Å². The van der Waals surface area contributed by atoms with Gasteiger partial charge in [0.25, 0.3) is 12.3 Å². The van der Waals surface area contributed by atoms with Crippen LogP contribution in [0.3, 0.4) is 0 Å². The lowest BCUT2D eigenvalue weighted by Crippen LogP contribution is -2.14. The molecule has 0 spiro atoms. The van der Waals surface area contributed by atoms with Gasteiger partial charge in [-0.2, -0.15) is 0 Å². The molecule has 1 aromatic carbocycles. The number of rotatable bonds is 10. The maximum absolute atomic E-state index is 13.4. The van der Waals surface area contributed by atoms with E-state index in [1.165, 1.54) is 25.4 Å². The van der Waals surface area contributed by atoms with Crippen molar-refractivity contribution in [1.82, 2.24) is 15.0 Å². The van der Waals surface area contributed by atoms with Gasteiger partial charge < -0.3 is 31.2 Å². The van der Waals surface area contributed by atoms with Gasteiger partial charge in [-0.25, -0.2) is 23.7 Å². The summed E-state index contributed by atoms with van der Waals surface area (Å²) in [7, 11) is 4.68. The van der Waals surface area contributed by atoms with E-state index in [1.54, 1.807) is 32.4 Å². The van der Waals surface area contributed by atoms with Crippen LogP contribution in [0.4, 0.5) is 31.9 Å². The smallest absolute Gasteiger partial charge is 0.297 e. The summed E-state index contributed by atoms with van der Waals surface area (Å²) in [6, 6.07) is 8.25. The molecule has 0 unspecified atom stereocenters. The quantitative estimate of drug-likeness (QED) is 0.360. The van der Waals surface area contributed by atoms with Gasteiger partial charge in [-0.15, -0.1) is 0 Å². The molecule has 0 radical (unpaired) electrons. The number of anilines is 4. The Morgan fingerprint density at radius 3 is 2.48 bits per heavy atom. The number of alkyl halides is 2. The Hall–Kier alpha value is -4.22. The standard InChI is InChI=1S/C21H23F2N7O3/c1-25-14-7-16(27-10-13(14)20(24)31)28-18-8-17(29-21(30-18)19(22)23)26-9-11-4-5-12(32-2)6-15(11)33-3/h4-8,10,19H,9H2,1-3H3,(H2,24,31)(H3,25,26,27,28,29,30). The molecular weight excluding hydrogens is 436 g/mol. The van der Waals surface area contributed by atoms with E-state index in [4.69, 9.17) is 15.2 Å². The summed E-state index contributed by atoms with van der Waals surface area (Å²) in [5.41, 5.74) is 6.70. The number of primary amides is 1. The van der Waals surface area contributed by atoms with Gasteiger partial charge in [-0.1, -0.05) is 0 Å². The van der Waals surface area contributed by atoms with Gasteiger partial charge in [-0.3, -0.25) is 4.79 Å². The molecule has 12 heteroatoms. The molecule has 2 heterocycles. The van der Waals surface area contributed by atoms with Crippen LogP contribution in [0.1, 0.15) is 28.2 Å². The molecule has 3 rings (SSSR count). The van der Waals surface area contributed by atoms with Crippen LogP contribution in [0.25, 0.3) is 0 Å². The first-order valence-electron chi connectivity index (χ1n) is 9.71. The van der Waals surface area contributed by atoms with Crippen molar-refractivity contribution in [3.8, 4) is 11.5 Å². The molecule has 0 aliphatic heterocycles. The SMILES string of the molecule is CNc1cc(Nc2cc(NCc3ccc(OC)cc3OC)nc(C(F)F)n2)ncc1C(N)=O. The van der Waals surface area contributed by atoms with Gasteiger partial charge in [0.1, 0.15) is 29.0 Å². The number of aromatic nitrogens is 3. The molecule has 0 aliphatic carbocycles. The fourth-order valence-electron chi connectivity index (χ4n) is 2.96. The van der Waals surface area contributed by atoms with Crippen LogP contribution in [-0.4, -0.2) is 42.1 Å². The van der Waals surface area contributed by atoms with Crippen molar-refractivity contribution < 1.29 is 23.0 Å². The molecule has 0 aliphatic rings. The predicted octanol–water partition coefficient (Wildman–Crippen LogP) is 3.32. The predicted molar refractivity (Wildman–Crippen MR) is 119 cm³/mol. The molecule has 10 nitrogen and oxygen atoms in total. The van der Waals surface area contributed by atoms with Gasteiger partial charge >= 0.3 is 0 Å². The first-order chi connectivity index (χ1) is 15.8. The number of hydrogen-bond donors (Lipinski definition) is 4. The number of ether oxygens (including phenoxy) is 2. The highest BCUT2D eigenvalue weighted by atomic mass is 19.3. The topological polar surface area (TPSA) is 136 Å². The van der Waals surface area contributed by atoms with Gasteiger partial charge in [0, 0.05) is 43.6 Å². The van der Waals surface area contributed by atoms with E-state index in [9.17, 15) is 13.6 Å². The summed E-state index contributed by atoms with van der Waals surface area (Å²) in [5, 5.41) is 8.68. The Bertz CT molecular complexity index is 1140. The average molecular weight is 459 g/mol. The lowest BCUT2D eigenvalue weighted by atomic mass is 10.2. The molecule has 0 atom stereocenters. The highest BCUT2D eigenvalue weighted by molar-refractivity contribution is 5.98. The second-order valence-corrected chi connectivity index (χ2v) is 6.68. The molecule has 0 bridgehead atoms. The molecule has 0 saturated carbocycles. The number of halogens is 2. The second kappa shape index (κ2) is 10.4. The van der Waals surface area contributed by atoms with E-state index in [0.29, 0.717) is 17.2 Å². The van der Waals surface area contributed by atoms with E-state index in [-0.39, 0.29) is 29.6 Å². The number of hydrogen-bond acceptors (Lipinski definition) is 9. The molecule has 2 aromatic heterocycles. The Kier molecular flexibility index (Phi) is 7.38. The Labute approximate surface area is 188 Å². The van der Waals surface area contributed by atoms with E-state index < -0.39 is 18.2 Å². The van der Waals surface area contributed by atoms with E-state index in [0.717, 1.165) is 5.56 Å². The number of pyridine rings is 1. The van der Waals surface area contributed by atoms with E-state index >= 15 is 0 Å². The molecule has 5 N–H and O–H groups in total. The summed E-state index contributed by atoms with van der Waals surface area (Å²) in [6.07, 6.45) is -1.61. The summed E-state index contributed by atoms with van der Waals surface area (Å²) < 4.78 is 37.3. The van der Waals surface area contributed by atoms with Crippen LogP contribution in [-0.2, 0) is 6.54 Å². The number of methoxy groups -OCH3 is 2. The van der Waals surface area contributed by atoms with Crippen LogP contribution in [0, 0.1) is 0 Å². The van der Waals surface area contributed by atoms with Crippen molar-refractivity contribution in [2.75, 3.05) is 37.2 Å². The number of nitrogens with zero attached hydrogens (tertiary/aromatic N) is 3. The van der Waals surface area contributed by atoms with E-state index in [1.807, 2.05) is 0 Å². The summed E-state index contributed by atoms with van der Waals surface area (Å²) in [4.78, 5) is 23.3. The number of nitrogens with two attached hydrogens (primary N) is 1. The largest absolute Gasteiger partial charge is 0.497 e. The second-order valence-electron chi connectivity index (χ2n) is 6.68. The number of amides is 1. The van der Waals surface area contributed by atoms with Crippen molar-refractivity contribution in [3.05, 3.63) is 53.5 Å². The van der Waals surface area contributed by atoms with Crippen LogP contribution >= 0.6 is 0 Å². The third kappa shape index (κ3) is 5.73. The number of nitrogens with one attached hydrogen (secondary N) is 3. The zero-order chi connectivity index (χ0) is 24.0. The fourth-order valence-corrected chi connectivity index (χ4v) is 2.96. The zero-order valence-corrected chi connectivity index (χ0v) is 18.1. The Balaban J connectivity index is 1.85. The molecule has 33 heavy (non-hydrogen) atoms. The minimum absolute atomic E-state index is 0.0888. The van der Waals surface area contributed by atoms with Crippen LogP contribution < -0.4 is 31.2 Å². The third-order valence-electron chi connectivity index (χ3n) is 4.59. The molecule has 0 saturated heterocycles. The van der Waals surface area contributed by atoms with Crippen molar-refractivity contribution in [3.63, 3.8) is 0 Å². The van der Waals surface area contributed by atoms with Crippen molar-refractivity contribution in [2.45, 2.75) is 13.0 Å². The third-order valence-corrected chi connectivity index (χ3v) is 4.59. The number of carbonyl (C=O) groups is 1. The Morgan fingerprint density at radius 2 is 1.85 bits per heavy atom. The molecule has 174 valence electrons. The lowest BCUT2D eigenvalue weighted by Gasteiger charge is -2.14. The first-order valence-corrected chi connectivity index (χ1v) is 9.71. The molecular formula is C21H23F2N7O3.